The first-order valence-corrected chi connectivity index (χ1v) is 8.42. The maximum Gasteiger partial charge on any atom is 0.225 e. The number of nitrogens with zero attached hydrogens (tertiary/aromatic N) is 5. The van der Waals surface area contributed by atoms with Crippen molar-refractivity contribution < 1.29 is 9.90 Å². The van der Waals surface area contributed by atoms with Crippen LogP contribution in [0.2, 0.25) is 0 Å². The van der Waals surface area contributed by atoms with Crippen LogP contribution < -0.4 is 4.90 Å². The van der Waals surface area contributed by atoms with E-state index in [1.54, 1.807) is 18.5 Å². The molecule has 1 N–H and O–H groups in total. The van der Waals surface area contributed by atoms with Crippen molar-refractivity contribution >= 4 is 11.9 Å². The number of likely N-dealkylation sites (tertiary alicyclic amines) is 1. The molecule has 0 saturated carbocycles. The fraction of sp³-hybridized carbons (Fsp3) is 0.688. The summed E-state index contributed by atoms with van der Waals surface area (Å²) in [6, 6.07) is 2.05. The lowest BCUT2D eigenvalue weighted by Crippen LogP contribution is -2.49. The number of hydrogen-bond acceptors (Lipinski definition) is 6. The van der Waals surface area contributed by atoms with Gasteiger partial charge in [0.05, 0.1) is 6.61 Å². The lowest BCUT2D eigenvalue weighted by Gasteiger charge is -2.35. The fourth-order valence-electron chi connectivity index (χ4n) is 3.40. The molecule has 0 aliphatic carbocycles. The molecule has 0 spiro atoms. The molecule has 3 rings (SSSR count). The number of piperazine rings is 1. The largest absolute Gasteiger partial charge is 0.395 e. The molecule has 2 saturated heterocycles. The number of rotatable bonds is 5. The molecule has 0 bridgehead atoms. The van der Waals surface area contributed by atoms with Gasteiger partial charge in [0.25, 0.3) is 0 Å². The van der Waals surface area contributed by atoms with E-state index >= 15 is 0 Å². The molecule has 126 valence electrons. The summed E-state index contributed by atoms with van der Waals surface area (Å²) in [7, 11) is 0. The van der Waals surface area contributed by atoms with Crippen molar-refractivity contribution in [2.24, 2.45) is 0 Å². The van der Waals surface area contributed by atoms with Gasteiger partial charge in [0, 0.05) is 57.6 Å². The number of aromatic nitrogens is 2. The van der Waals surface area contributed by atoms with E-state index in [4.69, 9.17) is 0 Å². The molecule has 0 aromatic carbocycles. The Bertz CT molecular complexity index is 504. The summed E-state index contributed by atoms with van der Waals surface area (Å²) in [5.74, 6) is 0.949. The van der Waals surface area contributed by atoms with Crippen LogP contribution in [0.25, 0.3) is 0 Å². The van der Waals surface area contributed by atoms with Gasteiger partial charge in [-0.25, -0.2) is 9.97 Å². The first-order chi connectivity index (χ1) is 11.3. The molecule has 1 amide bonds. The Balaban J connectivity index is 1.43. The van der Waals surface area contributed by atoms with Gasteiger partial charge in [0.2, 0.25) is 11.9 Å². The van der Waals surface area contributed by atoms with Gasteiger partial charge in [-0.15, -0.1) is 0 Å². The average molecular weight is 319 g/mol. The van der Waals surface area contributed by atoms with Gasteiger partial charge in [0.15, 0.2) is 0 Å². The highest BCUT2D eigenvalue weighted by Crippen LogP contribution is 2.17. The zero-order chi connectivity index (χ0) is 16.1. The zero-order valence-corrected chi connectivity index (χ0v) is 13.5. The van der Waals surface area contributed by atoms with Crippen LogP contribution in [0.3, 0.4) is 0 Å². The van der Waals surface area contributed by atoms with Crippen molar-refractivity contribution in [2.75, 3.05) is 50.8 Å². The Labute approximate surface area is 136 Å². The predicted molar refractivity (Wildman–Crippen MR) is 87.1 cm³/mol. The van der Waals surface area contributed by atoms with E-state index in [2.05, 4.69) is 19.8 Å². The van der Waals surface area contributed by atoms with Gasteiger partial charge in [0.1, 0.15) is 0 Å². The Kier molecular flexibility index (Phi) is 5.40. The van der Waals surface area contributed by atoms with E-state index in [9.17, 15) is 9.90 Å². The Morgan fingerprint density at radius 2 is 1.91 bits per heavy atom. The van der Waals surface area contributed by atoms with Crippen molar-refractivity contribution in [1.29, 1.82) is 0 Å². The highest BCUT2D eigenvalue weighted by atomic mass is 16.3. The lowest BCUT2D eigenvalue weighted by molar-refractivity contribution is -0.131. The molecule has 7 nitrogen and oxygen atoms in total. The second-order valence-corrected chi connectivity index (χ2v) is 6.18. The number of carbonyl (C=O) groups is 1. The standard InChI is InChI=1S/C16H25N5O2/c22-13-14-3-1-7-19(14)8-4-15(23)20-9-11-21(12-10-20)16-17-5-2-6-18-16/h2,5-6,14,22H,1,3-4,7-13H2. The molecular formula is C16H25N5O2. The van der Waals surface area contributed by atoms with Gasteiger partial charge < -0.3 is 14.9 Å². The van der Waals surface area contributed by atoms with Crippen LogP contribution in [-0.2, 0) is 4.79 Å². The summed E-state index contributed by atoms with van der Waals surface area (Å²) < 4.78 is 0. The maximum atomic E-state index is 12.4. The zero-order valence-electron chi connectivity index (χ0n) is 13.5. The molecule has 2 aliphatic rings. The summed E-state index contributed by atoms with van der Waals surface area (Å²) in [6.07, 6.45) is 6.19. The van der Waals surface area contributed by atoms with Crippen LogP contribution in [0.4, 0.5) is 5.95 Å². The van der Waals surface area contributed by atoms with Crippen molar-refractivity contribution in [3.05, 3.63) is 18.5 Å². The van der Waals surface area contributed by atoms with Gasteiger partial charge in [-0.2, -0.15) is 0 Å². The fourth-order valence-corrected chi connectivity index (χ4v) is 3.40. The summed E-state index contributed by atoms with van der Waals surface area (Å²) in [5.41, 5.74) is 0. The van der Waals surface area contributed by atoms with E-state index in [-0.39, 0.29) is 18.6 Å². The highest BCUT2D eigenvalue weighted by Gasteiger charge is 2.26. The molecule has 1 aromatic rings. The molecule has 1 unspecified atom stereocenters. The second kappa shape index (κ2) is 7.70. The van der Waals surface area contributed by atoms with Crippen LogP contribution in [0.5, 0.6) is 0 Å². The van der Waals surface area contributed by atoms with Crippen LogP contribution in [-0.4, -0.2) is 82.7 Å². The van der Waals surface area contributed by atoms with E-state index in [1.807, 2.05) is 4.90 Å². The minimum atomic E-state index is 0.198. The molecule has 1 aromatic heterocycles. The SMILES string of the molecule is O=C(CCN1CCCC1CO)N1CCN(c2ncccn2)CC1. The average Bonchev–Trinajstić information content (AvgIpc) is 3.08. The van der Waals surface area contributed by atoms with Gasteiger partial charge in [-0.3, -0.25) is 9.69 Å². The summed E-state index contributed by atoms with van der Waals surface area (Å²) >= 11 is 0. The van der Waals surface area contributed by atoms with E-state index in [0.29, 0.717) is 6.42 Å². The molecule has 0 radical (unpaired) electrons. The third-order valence-electron chi connectivity index (χ3n) is 4.79. The number of carbonyl (C=O) groups excluding carboxylic acids is 1. The van der Waals surface area contributed by atoms with Crippen LogP contribution in [0, 0.1) is 0 Å². The molecular weight excluding hydrogens is 294 g/mol. The van der Waals surface area contributed by atoms with Gasteiger partial charge in [-0.05, 0) is 25.5 Å². The molecule has 2 fully saturated rings. The minimum Gasteiger partial charge on any atom is -0.395 e. The second-order valence-electron chi connectivity index (χ2n) is 6.18. The first-order valence-electron chi connectivity index (χ1n) is 8.42. The number of aliphatic hydroxyl groups excluding tert-OH is 1. The Hall–Kier alpha value is -1.73. The quantitative estimate of drug-likeness (QED) is 0.822. The third kappa shape index (κ3) is 3.97. The molecule has 23 heavy (non-hydrogen) atoms. The van der Waals surface area contributed by atoms with E-state index in [0.717, 1.165) is 58.1 Å². The van der Waals surface area contributed by atoms with Crippen LogP contribution in [0.1, 0.15) is 19.3 Å². The monoisotopic (exact) mass is 319 g/mol. The molecule has 1 atom stereocenters. The number of aliphatic hydroxyl groups is 1. The number of hydrogen-bond donors (Lipinski definition) is 1. The topological polar surface area (TPSA) is 72.8 Å². The van der Waals surface area contributed by atoms with Crippen molar-refractivity contribution in [2.45, 2.75) is 25.3 Å². The number of anilines is 1. The predicted octanol–water partition coefficient (Wildman–Crippen LogP) is -0.0280. The maximum absolute atomic E-state index is 12.4. The van der Waals surface area contributed by atoms with Crippen LogP contribution >= 0.6 is 0 Å². The third-order valence-corrected chi connectivity index (χ3v) is 4.79. The van der Waals surface area contributed by atoms with Crippen LogP contribution in [0.15, 0.2) is 18.5 Å². The number of amides is 1. The van der Waals surface area contributed by atoms with Gasteiger partial charge in [-0.1, -0.05) is 0 Å². The summed E-state index contributed by atoms with van der Waals surface area (Å²) in [6.45, 7) is 4.95. The normalized spacial score (nSPS) is 22.6. The summed E-state index contributed by atoms with van der Waals surface area (Å²) in [4.78, 5) is 27.2. The highest BCUT2D eigenvalue weighted by molar-refractivity contribution is 5.76. The summed E-state index contributed by atoms with van der Waals surface area (Å²) in [5, 5.41) is 9.33. The van der Waals surface area contributed by atoms with Crippen molar-refractivity contribution in [1.82, 2.24) is 19.8 Å². The van der Waals surface area contributed by atoms with Gasteiger partial charge >= 0.3 is 0 Å². The molecule has 7 heteroatoms. The van der Waals surface area contributed by atoms with E-state index in [1.165, 1.54) is 0 Å². The smallest absolute Gasteiger partial charge is 0.225 e. The Morgan fingerprint density at radius 1 is 1.17 bits per heavy atom. The molecule has 3 heterocycles. The first kappa shape index (κ1) is 16.1. The molecule has 2 aliphatic heterocycles. The van der Waals surface area contributed by atoms with Crippen molar-refractivity contribution in [3.8, 4) is 0 Å². The Morgan fingerprint density at radius 3 is 2.61 bits per heavy atom. The van der Waals surface area contributed by atoms with Crippen molar-refractivity contribution in [3.63, 3.8) is 0 Å². The lowest BCUT2D eigenvalue weighted by atomic mass is 10.2. The minimum absolute atomic E-state index is 0.198. The van der Waals surface area contributed by atoms with E-state index < -0.39 is 0 Å².